The van der Waals surface area contributed by atoms with Crippen LogP contribution in [0.4, 0.5) is 19.7 Å². The van der Waals surface area contributed by atoms with Crippen molar-refractivity contribution >= 4 is 34.3 Å². The fourth-order valence-electron chi connectivity index (χ4n) is 4.82. The van der Waals surface area contributed by atoms with Gasteiger partial charge in [-0.1, -0.05) is 12.1 Å². The van der Waals surface area contributed by atoms with Gasteiger partial charge in [0.15, 0.2) is 11.2 Å². The molecule has 0 radical (unpaired) electrons. The molecule has 4 heterocycles. The number of thiazole rings is 1. The number of hydrogen-bond acceptors (Lipinski definition) is 7. The highest BCUT2D eigenvalue weighted by molar-refractivity contribution is 7.13. The van der Waals surface area contributed by atoms with Crippen LogP contribution in [0.3, 0.4) is 0 Å². The fraction of sp³-hybridized carbons (Fsp3) is 0.103. The smallest absolute Gasteiger partial charge is 0.257 e. The predicted molar refractivity (Wildman–Crippen MR) is 152 cm³/mol. The number of hydrogen-bond donors (Lipinski definition) is 4. The summed E-state index contributed by atoms with van der Waals surface area (Å²) in [6, 6.07) is 9.27. The van der Waals surface area contributed by atoms with Crippen LogP contribution in [-0.4, -0.2) is 25.8 Å². The summed E-state index contributed by atoms with van der Waals surface area (Å²) in [5.74, 6) is -0.983. The molecule has 2 aromatic carbocycles. The van der Waals surface area contributed by atoms with E-state index in [2.05, 4.69) is 30.6 Å². The van der Waals surface area contributed by atoms with Crippen LogP contribution in [0.2, 0.25) is 0 Å². The number of carbonyl (C=O) groups is 1. The zero-order valence-electron chi connectivity index (χ0n) is 21.6. The van der Waals surface area contributed by atoms with E-state index in [1.54, 1.807) is 48.2 Å². The molecule has 206 valence electrons. The van der Waals surface area contributed by atoms with Gasteiger partial charge in [-0.25, -0.2) is 23.7 Å². The van der Waals surface area contributed by atoms with Crippen LogP contribution >= 0.6 is 11.3 Å². The maximum atomic E-state index is 15.0. The van der Waals surface area contributed by atoms with Crippen LogP contribution in [0.5, 0.6) is 0 Å². The molecule has 0 saturated heterocycles. The van der Waals surface area contributed by atoms with Gasteiger partial charge in [0.25, 0.3) is 5.91 Å². The number of anilines is 2. The van der Waals surface area contributed by atoms with E-state index < -0.39 is 22.7 Å². The van der Waals surface area contributed by atoms with Crippen molar-refractivity contribution in [2.75, 3.05) is 10.6 Å². The molecule has 41 heavy (non-hydrogen) atoms. The highest BCUT2D eigenvalue weighted by Crippen LogP contribution is 2.37. The Hall–Kier alpha value is -4.78. The number of aromatic nitrogens is 4. The lowest BCUT2D eigenvalue weighted by Gasteiger charge is -2.33. The topological polar surface area (TPSA) is 123 Å². The first-order chi connectivity index (χ1) is 19.9. The summed E-state index contributed by atoms with van der Waals surface area (Å²) in [5.41, 5.74) is 2.95. The molecule has 4 N–H and O–H groups in total. The van der Waals surface area contributed by atoms with Crippen LogP contribution in [0, 0.1) is 23.8 Å². The van der Waals surface area contributed by atoms with E-state index in [1.807, 2.05) is 13.0 Å². The molecule has 3 aromatic heterocycles. The number of aromatic amines is 1. The first-order valence-corrected chi connectivity index (χ1v) is 13.5. The number of rotatable bonds is 7. The molecule has 6 rings (SSSR count). The summed E-state index contributed by atoms with van der Waals surface area (Å²) in [4.78, 5) is 29.0. The number of imidazole rings is 1. The maximum absolute atomic E-state index is 15.0. The van der Waals surface area contributed by atoms with E-state index >= 15 is 8.78 Å². The van der Waals surface area contributed by atoms with Gasteiger partial charge in [0.05, 0.1) is 18.3 Å². The van der Waals surface area contributed by atoms with Gasteiger partial charge in [0.2, 0.25) is 0 Å². The van der Waals surface area contributed by atoms with Crippen LogP contribution < -0.4 is 15.7 Å². The summed E-state index contributed by atoms with van der Waals surface area (Å²) in [6.07, 6.45) is 7.83. The van der Waals surface area contributed by atoms with Gasteiger partial charge in [-0.05, 0) is 53.9 Å². The molecule has 9 nitrogen and oxygen atoms in total. The number of halogens is 2. The zero-order valence-corrected chi connectivity index (χ0v) is 22.4. The van der Waals surface area contributed by atoms with Gasteiger partial charge >= 0.3 is 0 Å². The van der Waals surface area contributed by atoms with Crippen LogP contribution in [-0.2, 0) is 6.54 Å². The van der Waals surface area contributed by atoms with Crippen LogP contribution in [0.1, 0.15) is 44.6 Å². The van der Waals surface area contributed by atoms with Gasteiger partial charge in [-0.3, -0.25) is 10.1 Å². The third-order valence-electron chi connectivity index (χ3n) is 6.78. The number of carbonyl (C=O) groups excluding carboxylic acids is 1. The van der Waals surface area contributed by atoms with Crippen LogP contribution in [0.25, 0.3) is 17.2 Å². The van der Waals surface area contributed by atoms with Gasteiger partial charge in [-0.15, -0.1) is 11.3 Å². The molecule has 0 aliphatic carbocycles. The van der Waals surface area contributed by atoms with Gasteiger partial charge in [0, 0.05) is 41.2 Å². The molecule has 0 fully saturated rings. The highest BCUT2D eigenvalue weighted by atomic mass is 32.1. The van der Waals surface area contributed by atoms with E-state index in [1.165, 1.54) is 23.6 Å². The average molecular weight is 572 g/mol. The molecule has 0 saturated carbocycles. The molecule has 2 unspecified atom stereocenters. The molecule has 1 aliphatic rings. The van der Waals surface area contributed by atoms with Crippen molar-refractivity contribution in [2.24, 2.45) is 0 Å². The number of nitrogens with one attached hydrogen (secondary N) is 4. The molecular formula is C29H23F2N7O2S. The summed E-state index contributed by atoms with van der Waals surface area (Å²) in [6.45, 7) is 2.18. The van der Waals surface area contributed by atoms with E-state index in [9.17, 15) is 10.0 Å². The molecule has 2 atom stereocenters. The molecule has 0 spiro atoms. The summed E-state index contributed by atoms with van der Waals surface area (Å²) in [5, 5.41) is 20.9. The summed E-state index contributed by atoms with van der Waals surface area (Å²) < 4.78 is 30.0. The second-order valence-electron chi connectivity index (χ2n) is 9.37. The Morgan fingerprint density at radius 1 is 1.12 bits per heavy atom. The number of fused-ring (bicyclic) bond motifs is 1. The average Bonchev–Trinajstić information content (AvgIpc) is 3.67. The van der Waals surface area contributed by atoms with Gasteiger partial charge in [0.1, 0.15) is 29.0 Å². The van der Waals surface area contributed by atoms with Crippen molar-refractivity contribution in [3.8, 4) is 11.1 Å². The van der Waals surface area contributed by atoms with Crippen molar-refractivity contribution < 1.29 is 18.6 Å². The lowest BCUT2D eigenvalue weighted by atomic mass is 9.88. The molecular weight excluding hydrogens is 548 g/mol. The molecule has 5 aromatic rings. The third-order valence-corrected chi connectivity index (χ3v) is 7.47. The molecule has 12 heteroatoms. The van der Waals surface area contributed by atoms with E-state index in [-0.39, 0.29) is 23.7 Å². The number of aryl methyl sites for hydroxylation is 1. The SMILES string of the molecule is Cc1ccc(C(=O)Nc2nccs2)cc1-c1cc(NCc2ncc[nH]2)nc2c1C=C[NH+]([O-])C2c1c(F)cccc1F. The number of benzene rings is 2. The second kappa shape index (κ2) is 11.0. The van der Waals surface area contributed by atoms with Gasteiger partial charge in [-0.2, -0.15) is 0 Å². The first kappa shape index (κ1) is 26.4. The number of hydroxylamine groups is 2. The predicted octanol–water partition coefficient (Wildman–Crippen LogP) is 4.84. The van der Waals surface area contributed by atoms with Crippen molar-refractivity contribution in [1.29, 1.82) is 0 Å². The Labute approximate surface area is 237 Å². The first-order valence-electron chi connectivity index (χ1n) is 12.6. The monoisotopic (exact) mass is 571 g/mol. The summed E-state index contributed by atoms with van der Waals surface area (Å²) >= 11 is 1.31. The third kappa shape index (κ3) is 5.23. The Morgan fingerprint density at radius 3 is 2.68 bits per heavy atom. The van der Waals surface area contributed by atoms with Crippen LogP contribution in [0.15, 0.2) is 72.6 Å². The van der Waals surface area contributed by atoms with Crippen molar-refractivity contribution in [2.45, 2.75) is 19.5 Å². The maximum Gasteiger partial charge on any atom is 0.257 e. The van der Waals surface area contributed by atoms with Crippen molar-refractivity contribution in [1.82, 2.24) is 19.9 Å². The Bertz CT molecular complexity index is 1740. The largest absolute Gasteiger partial charge is 0.629 e. The number of amides is 1. The molecule has 1 aliphatic heterocycles. The van der Waals surface area contributed by atoms with E-state index in [0.29, 0.717) is 39.0 Å². The summed E-state index contributed by atoms with van der Waals surface area (Å²) in [7, 11) is 0. The number of quaternary nitrogens is 1. The quantitative estimate of drug-likeness (QED) is 0.208. The highest BCUT2D eigenvalue weighted by Gasteiger charge is 2.34. The minimum Gasteiger partial charge on any atom is -0.629 e. The standard InChI is InChI=1S/C29H23F2N7O2S/c1-16-5-6-17(28(39)37-29-34-10-12-41-29)13-19(16)20-14-23(35-15-24-32-8-9-33-24)36-26-18(20)7-11-38(40)27(26)25-21(30)3-2-4-22(25)31/h2-14,27,38H,15H2,1H3,(H,32,33)(H,35,36)(H,34,37,39). The van der Waals surface area contributed by atoms with E-state index in [0.717, 1.165) is 17.7 Å². The second-order valence-corrected chi connectivity index (χ2v) is 10.3. The number of pyridine rings is 1. The number of H-pyrrole nitrogens is 1. The van der Waals surface area contributed by atoms with E-state index in [4.69, 9.17) is 0 Å². The Balaban J connectivity index is 1.50. The molecule has 0 bridgehead atoms. The lowest BCUT2D eigenvalue weighted by molar-refractivity contribution is -0.821. The van der Waals surface area contributed by atoms with Gasteiger partial charge < -0.3 is 20.6 Å². The van der Waals surface area contributed by atoms with Crippen molar-refractivity contribution in [3.63, 3.8) is 0 Å². The lowest BCUT2D eigenvalue weighted by Crippen LogP contribution is -3.03. The Morgan fingerprint density at radius 2 is 1.95 bits per heavy atom. The minimum absolute atomic E-state index is 0.206. The fourth-order valence-corrected chi connectivity index (χ4v) is 5.35. The zero-order chi connectivity index (χ0) is 28.5. The Kier molecular flexibility index (Phi) is 7.10. The normalized spacial score (nSPS) is 15.9. The van der Waals surface area contributed by atoms with Crippen molar-refractivity contribution in [3.05, 3.63) is 123 Å². The molecule has 1 amide bonds. The number of nitrogens with zero attached hydrogens (tertiary/aromatic N) is 3. The minimum atomic E-state index is -1.29.